The van der Waals surface area contributed by atoms with E-state index in [1.54, 1.807) is 0 Å². The van der Waals surface area contributed by atoms with Gasteiger partial charge in [0.05, 0.1) is 8.07 Å². The van der Waals surface area contributed by atoms with Crippen LogP contribution in [-0.4, -0.2) is 14.0 Å². The zero-order valence-corrected chi connectivity index (χ0v) is 11.8. The van der Waals surface area contributed by atoms with Gasteiger partial charge in [0.1, 0.15) is 6.61 Å². The molecule has 0 spiro atoms. The zero-order valence-electron chi connectivity index (χ0n) is 10.8. The first-order chi connectivity index (χ1) is 7.30. The summed E-state index contributed by atoms with van der Waals surface area (Å²) in [5.41, 5.74) is 2.37. The summed E-state index contributed by atoms with van der Waals surface area (Å²) in [4.78, 5) is 10.9. The van der Waals surface area contributed by atoms with E-state index in [4.69, 9.17) is 4.74 Å². The van der Waals surface area contributed by atoms with Crippen molar-refractivity contribution in [1.29, 1.82) is 0 Å². The van der Waals surface area contributed by atoms with Gasteiger partial charge in [-0.25, -0.2) is 0 Å². The van der Waals surface area contributed by atoms with Crippen LogP contribution in [0, 0.1) is 6.92 Å². The van der Waals surface area contributed by atoms with E-state index in [-0.39, 0.29) is 5.97 Å². The molecule has 0 saturated carbocycles. The minimum Gasteiger partial charge on any atom is -0.461 e. The molecule has 0 aromatic heterocycles. The maximum atomic E-state index is 10.9. The van der Waals surface area contributed by atoms with E-state index in [9.17, 15) is 4.79 Å². The number of hydrogen-bond donors (Lipinski definition) is 0. The third-order valence-electron chi connectivity index (χ3n) is 2.50. The normalized spacial score (nSPS) is 11.3. The van der Waals surface area contributed by atoms with Crippen LogP contribution in [0.1, 0.15) is 18.1 Å². The van der Waals surface area contributed by atoms with Gasteiger partial charge in [-0.15, -0.1) is 0 Å². The first kappa shape index (κ1) is 13.0. The van der Waals surface area contributed by atoms with Crippen LogP contribution in [0.4, 0.5) is 0 Å². The molecule has 0 heterocycles. The first-order valence-electron chi connectivity index (χ1n) is 5.54. The third-order valence-corrected chi connectivity index (χ3v) is 4.60. The molecule has 88 valence electrons. The molecule has 0 saturated heterocycles. The molecule has 0 aliphatic rings. The second-order valence-corrected chi connectivity index (χ2v) is 10.2. The summed E-state index contributed by atoms with van der Waals surface area (Å²) in [5, 5.41) is 1.37. The number of rotatable bonds is 3. The Bertz CT molecular complexity index is 391. The van der Waals surface area contributed by atoms with Gasteiger partial charge in [0.25, 0.3) is 0 Å². The van der Waals surface area contributed by atoms with E-state index in [2.05, 4.69) is 44.8 Å². The lowest BCUT2D eigenvalue weighted by Crippen LogP contribution is -2.40. The molecule has 0 radical (unpaired) electrons. The van der Waals surface area contributed by atoms with Crippen molar-refractivity contribution >= 4 is 19.2 Å². The molecule has 0 N–H and O–H groups in total. The summed E-state index contributed by atoms with van der Waals surface area (Å²) in [7, 11) is -1.36. The molecular weight excluding hydrogens is 216 g/mol. The van der Waals surface area contributed by atoms with Crippen LogP contribution in [0.15, 0.2) is 18.2 Å². The quantitative estimate of drug-likeness (QED) is 0.595. The van der Waals surface area contributed by atoms with Crippen LogP contribution in [0.5, 0.6) is 0 Å². The SMILES string of the molecule is CC(=O)OCc1cc(C)ccc1[Si](C)(C)C. The predicted molar refractivity (Wildman–Crippen MR) is 69.6 cm³/mol. The van der Waals surface area contributed by atoms with Crippen LogP contribution in [0.25, 0.3) is 0 Å². The Morgan fingerprint density at radius 2 is 1.94 bits per heavy atom. The average molecular weight is 236 g/mol. The van der Waals surface area contributed by atoms with E-state index in [1.165, 1.54) is 17.7 Å². The van der Waals surface area contributed by atoms with E-state index in [0.29, 0.717) is 6.61 Å². The molecule has 0 atom stereocenters. The van der Waals surface area contributed by atoms with Crippen molar-refractivity contribution in [1.82, 2.24) is 0 Å². The van der Waals surface area contributed by atoms with Crippen molar-refractivity contribution in [3.63, 3.8) is 0 Å². The van der Waals surface area contributed by atoms with E-state index < -0.39 is 8.07 Å². The maximum Gasteiger partial charge on any atom is 0.302 e. The number of carbonyl (C=O) groups is 1. The van der Waals surface area contributed by atoms with Crippen molar-refractivity contribution in [3.8, 4) is 0 Å². The summed E-state index contributed by atoms with van der Waals surface area (Å²) in [6.45, 7) is 10.8. The Morgan fingerprint density at radius 3 is 2.44 bits per heavy atom. The predicted octanol–water partition coefficient (Wildman–Crippen LogP) is 2.60. The molecule has 1 rings (SSSR count). The standard InChI is InChI=1S/C13H20O2Si/c1-10-6-7-13(16(3,4)5)12(8-10)9-15-11(2)14/h6-8H,9H2,1-5H3. The molecule has 0 bridgehead atoms. The molecule has 16 heavy (non-hydrogen) atoms. The van der Waals surface area contributed by atoms with Gasteiger partial charge >= 0.3 is 5.97 Å². The van der Waals surface area contributed by atoms with Gasteiger partial charge in [-0.1, -0.05) is 48.6 Å². The number of carbonyl (C=O) groups excluding carboxylic acids is 1. The fourth-order valence-electron chi connectivity index (χ4n) is 1.75. The van der Waals surface area contributed by atoms with Gasteiger partial charge in [0.2, 0.25) is 0 Å². The number of hydrogen-bond acceptors (Lipinski definition) is 2. The monoisotopic (exact) mass is 236 g/mol. The summed E-state index contributed by atoms with van der Waals surface area (Å²) in [6.07, 6.45) is 0. The van der Waals surface area contributed by atoms with Crippen LogP contribution < -0.4 is 5.19 Å². The molecule has 1 aromatic carbocycles. The average Bonchev–Trinajstić information content (AvgIpc) is 2.12. The van der Waals surface area contributed by atoms with Gasteiger partial charge in [0.15, 0.2) is 0 Å². The van der Waals surface area contributed by atoms with E-state index in [1.807, 2.05) is 0 Å². The topological polar surface area (TPSA) is 26.3 Å². The highest BCUT2D eigenvalue weighted by atomic mass is 28.3. The molecule has 0 aliphatic heterocycles. The maximum absolute atomic E-state index is 10.9. The molecule has 3 heteroatoms. The largest absolute Gasteiger partial charge is 0.461 e. The second kappa shape index (κ2) is 4.83. The number of aryl methyl sites for hydroxylation is 1. The Morgan fingerprint density at radius 1 is 1.31 bits per heavy atom. The Kier molecular flexibility index (Phi) is 3.91. The van der Waals surface area contributed by atoms with Gasteiger partial charge in [-0.05, 0) is 12.5 Å². The Labute approximate surface area is 98.6 Å². The van der Waals surface area contributed by atoms with Crippen LogP contribution in [0.2, 0.25) is 19.6 Å². The Hall–Kier alpha value is -1.09. The van der Waals surface area contributed by atoms with E-state index in [0.717, 1.165) is 5.56 Å². The lowest BCUT2D eigenvalue weighted by atomic mass is 10.1. The lowest BCUT2D eigenvalue weighted by Gasteiger charge is -2.21. The minimum atomic E-state index is -1.36. The van der Waals surface area contributed by atoms with Crippen molar-refractivity contribution in [3.05, 3.63) is 29.3 Å². The molecule has 0 aliphatic carbocycles. The van der Waals surface area contributed by atoms with Crippen molar-refractivity contribution < 1.29 is 9.53 Å². The van der Waals surface area contributed by atoms with Gasteiger partial charge in [-0.2, -0.15) is 0 Å². The van der Waals surface area contributed by atoms with Crippen molar-refractivity contribution in [2.75, 3.05) is 0 Å². The number of benzene rings is 1. The second-order valence-electron chi connectivity index (χ2n) is 5.19. The molecule has 0 fully saturated rings. The highest BCUT2D eigenvalue weighted by molar-refractivity contribution is 6.89. The summed E-state index contributed by atoms with van der Waals surface area (Å²) >= 11 is 0. The number of esters is 1. The van der Waals surface area contributed by atoms with Gasteiger partial charge in [0, 0.05) is 6.92 Å². The smallest absolute Gasteiger partial charge is 0.302 e. The van der Waals surface area contributed by atoms with E-state index >= 15 is 0 Å². The lowest BCUT2D eigenvalue weighted by molar-refractivity contribution is -0.142. The zero-order chi connectivity index (χ0) is 12.3. The molecule has 1 aromatic rings. The van der Waals surface area contributed by atoms with Crippen molar-refractivity contribution in [2.24, 2.45) is 0 Å². The third kappa shape index (κ3) is 3.49. The van der Waals surface area contributed by atoms with Gasteiger partial charge in [-0.3, -0.25) is 4.79 Å². The molecule has 0 amide bonds. The first-order valence-corrected chi connectivity index (χ1v) is 9.04. The van der Waals surface area contributed by atoms with Gasteiger partial charge < -0.3 is 4.74 Å². The molecule has 0 unspecified atom stereocenters. The molecule has 2 nitrogen and oxygen atoms in total. The summed E-state index contributed by atoms with van der Waals surface area (Å²) in [6, 6.07) is 6.43. The van der Waals surface area contributed by atoms with Crippen LogP contribution >= 0.6 is 0 Å². The summed E-state index contributed by atoms with van der Waals surface area (Å²) in [5.74, 6) is -0.219. The summed E-state index contributed by atoms with van der Waals surface area (Å²) < 4.78 is 5.10. The molecular formula is C13H20O2Si. The van der Waals surface area contributed by atoms with Crippen LogP contribution in [0.3, 0.4) is 0 Å². The Balaban J connectivity index is 3.04. The van der Waals surface area contributed by atoms with Crippen molar-refractivity contribution in [2.45, 2.75) is 40.1 Å². The highest BCUT2D eigenvalue weighted by Gasteiger charge is 2.20. The number of ether oxygens (including phenoxy) is 1. The highest BCUT2D eigenvalue weighted by Crippen LogP contribution is 2.11. The fourth-order valence-corrected chi connectivity index (χ4v) is 3.44. The fraction of sp³-hybridized carbons (Fsp3) is 0.462. The van der Waals surface area contributed by atoms with Crippen LogP contribution in [-0.2, 0) is 16.1 Å². The minimum absolute atomic E-state index is 0.219.